The highest BCUT2D eigenvalue weighted by atomic mass is 35.5. The smallest absolute Gasteiger partial charge is 0.269 e. The molecule has 0 spiro atoms. The Bertz CT molecular complexity index is 789. The van der Waals surface area contributed by atoms with Gasteiger partial charge in [-0.1, -0.05) is 23.7 Å². The average Bonchev–Trinajstić information content (AvgIpc) is 2.69. The lowest BCUT2D eigenvalue weighted by Gasteiger charge is -2.39. The molecule has 1 aliphatic rings. The van der Waals surface area contributed by atoms with E-state index in [1.54, 1.807) is 12.1 Å². The lowest BCUT2D eigenvalue weighted by Crippen LogP contribution is -2.46. The first-order valence-corrected chi connectivity index (χ1v) is 9.50. The molecule has 7 nitrogen and oxygen atoms in total. The van der Waals surface area contributed by atoms with Crippen LogP contribution in [0.1, 0.15) is 18.4 Å². The van der Waals surface area contributed by atoms with Crippen molar-refractivity contribution in [3.8, 4) is 5.75 Å². The number of hydrogen-bond acceptors (Lipinski definition) is 6. The maximum absolute atomic E-state index is 10.9. The Morgan fingerprint density at radius 2 is 1.75 bits per heavy atom. The number of aliphatic hydroxyl groups is 2. The van der Waals surface area contributed by atoms with Crippen molar-refractivity contribution in [3.63, 3.8) is 0 Å². The number of benzene rings is 2. The van der Waals surface area contributed by atoms with Gasteiger partial charge in [-0.15, -0.1) is 0 Å². The van der Waals surface area contributed by atoms with Crippen LogP contribution in [0.4, 0.5) is 5.69 Å². The molecule has 8 heteroatoms. The molecule has 1 heterocycles. The molecule has 150 valence electrons. The van der Waals surface area contributed by atoms with Gasteiger partial charge in [0.25, 0.3) is 5.69 Å². The first-order chi connectivity index (χ1) is 13.4. The monoisotopic (exact) mass is 406 g/mol. The molecule has 1 atom stereocenters. The van der Waals surface area contributed by atoms with Crippen molar-refractivity contribution >= 4 is 17.3 Å². The highest BCUT2D eigenvalue weighted by Gasteiger charge is 2.34. The molecule has 1 fully saturated rings. The van der Waals surface area contributed by atoms with Crippen LogP contribution in [0.25, 0.3) is 0 Å². The van der Waals surface area contributed by atoms with Crippen LogP contribution >= 0.6 is 11.6 Å². The topological polar surface area (TPSA) is 96.1 Å². The van der Waals surface area contributed by atoms with Crippen LogP contribution in [0, 0.1) is 10.1 Å². The zero-order valence-corrected chi connectivity index (χ0v) is 16.1. The molecule has 0 aliphatic carbocycles. The van der Waals surface area contributed by atoms with Crippen molar-refractivity contribution < 1.29 is 19.9 Å². The zero-order chi connectivity index (χ0) is 20.1. The van der Waals surface area contributed by atoms with E-state index in [0.29, 0.717) is 43.2 Å². The highest BCUT2D eigenvalue weighted by Crippen LogP contribution is 2.33. The van der Waals surface area contributed by atoms with E-state index < -0.39 is 16.6 Å². The second kappa shape index (κ2) is 8.87. The minimum absolute atomic E-state index is 0.00519. The van der Waals surface area contributed by atoms with Gasteiger partial charge in [-0.25, -0.2) is 0 Å². The number of likely N-dealkylation sites (tertiary alicyclic amines) is 1. The van der Waals surface area contributed by atoms with Crippen LogP contribution in [0.2, 0.25) is 5.02 Å². The fraction of sp³-hybridized carbons (Fsp3) is 0.400. The summed E-state index contributed by atoms with van der Waals surface area (Å²) in [6.07, 6.45) is 0.451. The van der Waals surface area contributed by atoms with Gasteiger partial charge in [0.15, 0.2) is 0 Å². The van der Waals surface area contributed by atoms with Crippen molar-refractivity contribution in [1.82, 2.24) is 4.90 Å². The third kappa shape index (κ3) is 5.20. The van der Waals surface area contributed by atoms with Gasteiger partial charge in [-0.2, -0.15) is 0 Å². The standard InChI is InChI=1S/C20H23ClN2O5/c21-16-3-1-15(2-4-16)20(25)9-11-22(12-10-20)13-18(24)14-28-19-7-5-17(6-8-19)23(26)27/h1-8,18,24-25H,9-14H2. The number of β-amino-alcohol motifs (C(OH)–C–C–N with tert-alkyl or cyclic N) is 1. The minimum Gasteiger partial charge on any atom is -0.491 e. The van der Waals surface area contributed by atoms with E-state index in [-0.39, 0.29) is 12.3 Å². The molecule has 1 saturated heterocycles. The van der Waals surface area contributed by atoms with E-state index >= 15 is 0 Å². The number of hydrogen-bond donors (Lipinski definition) is 2. The van der Waals surface area contributed by atoms with Crippen LogP contribution in [0.15, 0.2) is 48.5 Å². The first kappa shape index (κ1) is 20.5. The molecule has 3 rings (SSSR count). The largest absolute Gasteiger partial charge is 0.491 e. The number of non-ortho nitro benzene ring substituents is 1. The lowest BCUT2D eigenvalue weighted by molar-refractivity contribution is -0.384. The fourth-order valence-corrected chi connectivity index (χ4v) is 3.49. The van der Waals surface area contributed by atoms with Crippen LogP contribution in [0.3, 0.4) is 0 Å². The fourth-order valence-electron chi connectivity index (χ4n) is 3.36. The SMILES string of the molecule is O=[N+]([O-])c1ccc(OCC(O)CN2CCC(O)(c3ccc(Cl)cc3)CC2)cc1. The lowest BCUT2D eigenvalue weighted by atomic mass is 9.84. The van der Waals surface area contributed by atoms with Gasteiger partial charge in [0.1, 0.15) is 18.5 Å². The van der Waals surface area contributed by atoms with E-state index in [4.69, 9.17) is 16.3 Å². The normalized spacial score (nSPS) is 17.8. The van der Waals surface area contributed by atoms with Crippen LogP contribution in [-0.4, -0.2) is 52.4 Å². The summed E-state index contributed by atoms with van der Waals surface area (Å²) in [6, 6.07) is 13.0. The number of piperidine rings is 1. The summed E-state index contributed by atoms with van der Waals surface area (Å²) in [6.45, 7) is 1.85. The molecule has 0 aromatic heterocycles. The Hall–Kier alpha value is -2.19. The molecule has 1 unspecified atom stereocenters. The third-order valence-electron chi connectivity index (χ3n) is 5.02. The van der Waals surface area contributed by atoms with E-state index in [0.717, 1.165) is 5.56 Å². The van der Waals surface area contributed by atoms with E-state index in [1.165, 1.54) is 24.3 Å². The molecular formula is C20H23ClN2O5. The zero-order valence-electron chi connectivity index (χ0n) is 15.3. The Morgan fingerprint density at radius 1 is 1.14 bits per heavy atom. The maximum atomic E-state index is 10.9. The van der Waals surface area contributed by atoms with Crippen molar-refractivity contribution in [1.29, 1.82) is 0 Å². The first-order valence-electron chi connectivity index (χ1n) is 9.12. The highest BCUT2D eigenvalue weighted by molar-refractivity contribution is 6.30. The van der Waals surface area contributed by atoms with E-state index in [2.05, 4.69) is 4.90 Å². The molecule has 1 aliphatic heterocycles. The number of ether oxygens (including phenoxy) is 1. The van der Waals surface area contributed by atoms with Gasteiger partial charge in [0, 0.05) is 36.8 Å². The molecule has 2 aromatic rings. The number of nitro groups is 1. The molecule has 0 saturated carbocycles. The summed E-state index contributed by atoms with van der Waals surface area (Å²) < 4.78 is 5.50. The number of nitro benzene ring substituents is 1. The van der Waals surface area contributed by atoms with Crippen LogP contribution in [-0.2, 0) is 5.60 Å². The summed E-state index contributed by atoms with van der Waals surface area (Å²) in [5.74, 6) is 0.473. The Labute approximate surface area is 168 Å². The summed E-state index contributed by atoms with van der Waals surface area (Å²) >= 11 is 5.91. The summed E-state index contributed by atoms with van der Waals surface area (Å²) in [7, 11) is 0. The van der Waals surface area contributed by atoms with Gasteiger partial charge >= 0.3 is 0 Å². The Kier molecular flexibility index (Phi) is 6.51. The quantitative estimate of drug-likeness (QED) is 0.542. The average molecular weight is 407 g/mol. The van der Waals surface area contributed by atoms with Crippen molar-refractivity contribution in [2.24, 2.45) is 0 Å². The number of halogens is 1. The van der Waals surface area contributed by atoms with Gasteiger partial charge in [-0.3, -0.25) is 10.1 Å². The predicted molar refractivity (Wildman–Crippen MR) is 106 cm³/mol. The van der Waals surface area contributed by atoms with Gasteiger partial charge in [0.05, 0.1) is 10.5 Å². The maximum Gasteiger partial charge on any atom is 0.269 e. The molecule has 0 bridgehead atoms. The van der Waals surface area contributed by atoms with Gasteiger partial charge in [0.2, 0.25) is 0 Å². The number of rotatable bonds is 7. The van der Waals surface area contributed by atoms with Crippen LogP contribution < -0.4 is 4.74 Å². The Morgan fingerprint density at radius 3 is 2.32 bits per heavy atom. The summed E-state index contributed by atoms with van der Waals surface area (Å²) in [4.78, 5) is 12.3. The summed E-state index contributed by atoms with van der Waals surface area (Å²) in [5.41, 5.74) is -0.0191. The minimum atomic E-state index is -0.874. The van der Waals surface area contributed by atoms with Gasteiger partial charge < -0.3 is 19.8 Å². The second-order valence-corrected chi connectivity index (χ2v) is 7.49. The third-order valence-corrected chi connectivity index (χ3v) is 5.28. The molecule has 0 radical (unpaired) electrons. The number of nitrogens with zero attached hydrogens (tertiary/aromatic N) is 2. The van der Waals surface area contributed by atoms with Gasteiger partial charge in [-0.05, 0) is 42.7 Å². The van der Waals surface area contributed by atoms with E-state index in [1.807, 2.05) is 12.1 Å². The summed E-state index contributed by atoms with van der Waals surface area (Å²) in [5, 5.41) is 32.4. The number of aliphatic hydroxyl groups excluding tert-OH is 1. The predicted octanol–water partition coefficient (Wildman–Crippen LogP) is 2.97. The van der Waals surface area contributed by atoms with Crippen molar-refractivity contribution in [2.45, 2.75) is 24.5 Å². The second-order valence-electron chi connectivity index (χ2n) is 7.05. The molecule has 28 heavy (non-hydrogen) atoms. The molecule has 2 aromatic carbocycles. The van der Waals surface area contributed by atoms with E-state index in [9.17, 15) is 20.3 Å². The molecule has 0 amide bonds. The van der Waals surface area contributed by atoms with Crippen molar-refractivity contribution in [2.75, 3.05) is 26.2 Å². The molecule has 2 N–H and O–H groups in total. The molecular weight excluding hydrogens is 384 g/mol. The van der Waals surface area contributed by atoms with Crippen LogP contribution in [0.5, 0.6) is 5.75 Å². The Balaban J connectivity index is 1.45. The van der Waals surface area contributed by atoms with Crippen molar-refractivity contribution in [3.05, 3.63) is 69.2 Å².